The van der Waals surface area contributed by atoms with Crippen molar-refractivity contribution in [2.75, 3.05) is 23.9 Å². The van der Waals surface area contributed by atoms with E-state index in [-0.39, 0.29) is 5.91 Å². The quantitative estimate of drug-likeness (QED) is 0.375. The second-order valence-electron chi connectivity index (χ2n) is 6.47. The lowest BCUT2D eigenvalue weighted by Gasteiger charge is -2.17. The van der Waals surface area contributed by atoms with Crippen molar-refractivity contribution in [2.24, 2.45) is 0 Å². The molecule has 4 nitrogen and oxygen atoms in total. The van der Waals surface area contributed by atoms with Crippen LogP contribution < -0.4 is 9.80 Å². The Morgan fingerprint density at radius 1 is 1.14 bits per heavy atom. The summed E-state index contributed by atoms with van der Waals surface area (Å²) in [7, 11) is 3.99. The van der Waals surface area contributed by atoms with Crippen LogP contribution in [0.5, 0.6) is 0 Å². The summed E-state index contributed by atoms with van der Waals surface area (Å²) in [5, 5.41) is 0.942. The van der Waals surface area contributed by atoms with Gasteiger partial charge < -0.3 is 4.90 Å². The lowest BCUT2D eigenvalue weighted by Crippen LogP contribution is -2.27. The summed E-state index contributed by atoms with van der Waals surface area (Å²) < 4.78 is 1.44. The van der Waals surface area contributed by atoms with Gasteiger partial charge in [-0.3, -0.25) is 14.7 Å². The van der Waals surface area contributed by atoms with Crippen molar-refractivity contribution < 1.29 is 4.79 Å². The highest BCUT2D eigenvalue weighted by Crippen LogP contribution is 2.39. The Hall–Kier alpha value is -2.22. The molecule has 1 fully saturated rings. The molecule has 2 aromatic carbocycles. The molecule has 3 aromatic rings. The van der Waals surface area contributed by atoms with Crippen molar-refractivity contribution >= 4 is 78.5 Å². The van der Waals surface area contributed by atoms with Crippen LogP contribution in [0.2, 0.25) is 0 Å². The highest BCUT2D eigenvalue weighted by molar-refractivity contribution is 9.10. The summed E-state index contributed by atoms with van der Waals surface area (Å²) >= 11 is 10.4. The van der Waals surface area contributed by atoms with Gasteiger partial charge in [0, 0.05) is 35.8 Å². The van der Waals surface area contributed by atoms with E-state index in [1.54, 1.807) is 11.1 Å². The fourth-order valence-electron chi connectivity index (χ4n) is 3.00. The Bertz CT molecular complexity index is 1130. The smallest absolute Gasteiger partial charge is 0.270 e. The second-order valence-corrected chi connectivity index (χ2v) is 9.00. The Labute approximate surface area is 181 Å². The van der Waals surface area contributed by atoms with E-state index in [1.165, 1.54) is 11.8 Å². The van der Waals surface area contributed by atoms with Crippen LogP contribution in [-0.4, -0.2) is 29.3 Å². The zero-order chi connectivity index (χ0) is 19.8. The fourth-order valence-corrected chi connectivity index (χ4v) is 4.74. The number of hydrogen-bond donors (Lipinski definition) is 0. The van der Waals surface area contributed by atoms with Crippen LogP contribution in [0.25, 0.3) is 17.0 Å². The van der Waals surface area contributed by atoms with Crippen molar-refractivity contribution in [3.63, 3.8) is 0 Å². The molecule has 0 spiro atoms. The molecule has 7 heteroatoms. The van der Waals surface area contributed by atoms with E-state index in [0.29, 0.717) is 14.9 Å². The third-order valence-corrected chi connectivity index (χ3v) is 6.43. The van der Waals surface area contributed by atoms with E-state index in [2.05, 4.69) is 20.9 Å². The van der Waals surface area contributed by atoms with Gasteiger partial charge in [0.15, 0.2) is 4.32 Å². The molecule has 1 amide bonds. The molecule has 1 saturated heterocycles. The number of hydrogen-bond acceptors (Lipinski definition) is 5. The number of thioether (sulfide) groups is 1. The van der Waals surface area contributed by atoms with E-state index in [0.717, 1.165) is 26.6 Å². The first-order chi connectivity index (χ1) is 13.5. The summed E-state index contributed by atoms with van der Waals surface area (Å²) in [5.74, 6) is -0.124. The lowest BCUT2D eigenvalue weighted by atomic mass is 10.1. The first kappa shape index (κ1) is 19.1. The normalized spacial score (nSPS) is 15.7. The van der Waals surface area contributed by atoms with E-state index in [1.807, 2.05) is 73.6 Å². The Kier molecular flexibility index (Phi) is 5.23. The number of nitrogens with zero attached hydrogens (tertiary/aromatic N) is 3. The van der Waals surface area contributed by atoms with Crippen molar-refractivity contribution in [3.05, 3.63) is 69.7 Å². The molecule has 0 atom stereocenters. The number of carbonyl (C=O) groups excluding carboxylic acids is 1. The number of pyridine rings is 1. The van der Waals surface area contributed by atoms with Gasteiger partial charge >= 0.3 is 0 Å². The van der Waals surface area contributed by atoms with Gasteiger partial charge in [-0.05, 0) is 42.0 Å². The molecule has 0 aliphatic carbocycles. The standard InChI is InChI=1S/C21H16BrN3OS2/c1-24(2)14-7-5-13(6-8-14)12-18-20(26)25(21(27)28-18)17-10-9-16(22)15-4-3-11-23-19(15)17/h3-12H,1-2H3/b18-12-. The number of anilines is 2. The molecule has 1 aliphatic rings. The predicted molar refractivity (Wildman–Crippen MR) is 126 cm³/mol. The van der Waals surface area contributed by atoms with Gasteiger partial charge in [0.1, 0.15) is 0 Å². The molecule has 0 radical (unpaired) electrons. The van der Waals surface area contributed by atoms with E-state index < -0.39 is 0 Å². The van der Waals surface area contributed by atoms with Gasteiger partial charge in [-0.2, -0.15) is 0 Å². The molecule has 1 aromatic heterocycles. The van der Waals surface area contributed by atoms with E-state index in [4.69, 9.17) is 12.2 Å². The monoisotopic (exact) mass is 469 g/mol. The summed E-state index contributed by atoms with van der Waals surface area (Å²) in [6.07, 6.45) is 3.60. The lowest BCUT2D eigenvalue weighted by molar-refractivity contribution is -0.113. The molecule has 28 heavy (non-hydrogen) atoms. The number of carbonyl (C=O) groups is 1. The van der Waals surface area contributed by atoms with Crippen LogP contribution in [0.15, 0.2) is 64.1 Å². The maximum Gasteiger partial charge on any atom is 0.270 e. The van der Waals surface area contributed by atoms with Crippen LogP contribution in [0, 0.1) is 0 Å². The number of rotatable bonds is 3. The van der Waals surface area contributed by atoms with Crippen molar-refractivity contribution in [1.29, 1.82) is 0 Å². The zero-order valence-corrected chi connectivity index (χ0v) is 18.4. The topological polar surface area (TPSA) is 36.4 Å². The van der Waals surface area contributed by atoms with Gasteiger partial charge in [0.2, 0.25) is 0 Å². The summed E-state index contributed by atoms with van der Waals surface area (Å²) in [4.78, 5) is 21.8. The molecular formula is C21H16BrN3OS2. The van der Waals surface area contributed by atoms with Gasteiger partial charge in [-0.15, -0.1) is 0 Å². The Morgan fingerprint density at radius 3 is 2.61 bits per heavy atom. The average Bonchev–Trinajstić information content (AvgIpc) is 2.96. The maximum atomic E-state index is 13.1. The van der Waals surface area contributed by atoms with Crippen LogP contribution in [-0.2, 0) is 4.79 Å². The zero-order valence-electron chi connectivity index (χ0n) is 15.2. The number of fused-ring (bicyclic) bond motifs is 1. The van der Waals surface area contributed by atoms with Gasteiger partial charge in [0.05, 0.1) is 16.1 Å². The van der Waals surface area contributed by atoms with Crippen LogP contribution in [0.4, 0.5) is 11.4 Å². The predicted octanol–water partition coefficient (Wildman–Crippen LogP) is 5.47. The average molecular weight is 470 g/mol. The van der Waals surface area contributed by atoms with E-state index in [9.17, 15) is 4.79 Å². The van der Waals surface area contributed by atoms with Gasteiger partial charge in [0.25, 0.3) is 5.91 Å². The first-order valence-electron chi connectivity index (χ1n) is 8.54. The minimum absolute atomic E-state index is 0.124. The van der Waals surface area contributed by atoms with Gasteiger partial charge in [-0.1, -0.05) is 58.1 Å². The van der Waals surface area contributed by atoms with Crippen molar-refractivity contribution in [3.8, 4) is 0 Å². The number of aromatic nitrogens is 1. The largest absolute Gasteiger partial charge is 0.378 e. The van der Waals surface area contributed by atoms with E-state index >= 15 is 0 Å². The molecular weight excluding hydrogens is 454 g/mol. The van der Waals surface area contributed by atoms with Crippen molar-refractivity contribution in [2.45, 2.75) is 0 Å². The maximum absolute atomic E-state index is 13.1. The fraction of sp³-hybridized carbons (Fsp3) is 0.0952. The Morgan fingerprint density at radius 2 is 1.89 bits per heavy atom. The van der Waals surface area contributed by atoms with Crippen LogP contribution in [0.3, 0.4) is 0 Å². The summed E-state index contributed by atoms with van der Waals surface area (Å²) in [6.45, 7) is 0. The Balaban J connectivity index is 1.71. The number of benzene rings is 2. The molecule has 1 aliphatic heterocycles. The second kappa shape index (κ2) is 7.66. The molecule has 4 rings (SSSR count). The minimum atomic E-state index is -0.124. The SMILES string of the molecule is CN(C)c1ccc(/C=C2\SC(=S)N(c3ccc(Br)c4cccnc34)C2=O)cc1. The first-order valence-corrected chi connectivity index (χ1v) is 10.6. The minimum Gasteiger partial charge on any atom is -0.378 e. The van der Waals surface area contributed by atoms with Gasteiger partial charge in [-0.25, -0.2) is 0 Å². The molecule has 0 unspecified atom stereocenters. The number of halogens is 1. The molecule has 0 saturated carbocycles. The van der Waals surface area contributed by atoms with Crippen LogP contribution in [0.1, 0.15) is 5.56 Å². The third-order valence-electron chi connectivity index (χ3n) is 4.44. The molecule has 140 valence electrons. The number of amides is 1. The molecule has 2 heterocycles. The number of thiocarbonyl (C=S) groups is 1. The molecule has 0 N–H and O–H groups in total. The van der Waals surface area contributed by atoms with Crippen LogP contribution >= 0.6 is 39.9 Å². The third kappa shape index (κ3) is 3.45. The summed E-state index contributed by atoms with van der Waals surface area (Å²) in [5.41, 5.74) is 3.51. The highest BCUT2D eigenvalue weighted by Gasteiger charge is 2.34. The highest BCUT2D eigenvalue weighted by atomic mass is 79.9. The summed E-state index contributed by atoms with van der Waals surface area (Å²) in [6, 6.07) is 15.7. The van der Waals surface area contributed by atoms with Crippen molar-refractivity contribution in [1.82, 2.24) is 4.98 Å². The molecule has 0 bridgehead atoms.